The summed E-state index contributed by atoms with van der Waals surface area (Å²) in [5.74, 6) is 2.48. The van der Waals surface area contributed by atoms with Gasteiger partial charge in [-0.15, -0.1) is 0 Å². The van der Waals surface area contributed by atoms with E-state index in [9.17, 15) is 4.79 Å². The van der Waals surface area contributed by atoms with Crippen molar-refractivity contribution in [2.24, 2.45) is 0 Å². The van der Waals surface area contributed by atoms with Crippen molar-refractivity contribution in [2.75, 3.05) is 24.6 Å². The first-order chi connectivity index (χ1) is 11.3. The summed E-state index contributed by atoms with van der Waals surface area (Å²) in [4.78, 5) is 15.4. The molecule has 2 nitrogen and oxygen atoms in total. The molecule has 2 aromatic rings. The van der Waals surface area contributed by atoms with Gasteiger partial charge in [-0.3, -0.25) is 9.69 Å². The number of carbonyl (C=O) groups excluding carboxylic acids is 1. The van der Waals surface area contributed by atoms with Gasteiger partial charge in [0.15, 0.2) is 5.78 Å². The van der Waals surface area contributed by atoms with Gasteiger partial charge in [-0.2, -0.15) is 11.8 Å². The molecule has 0 N–H and O–H groups in total. The molecule has 0 spiro atoms. The Morgan fingerprint density at radius 1 is 0.958 bits per heavy atom. The molecule has 0 amide bonds. The highest BCUT2D eigenvalue weighted by Gasteiger charge is 2.38. The van der Waals surface area contributed by atoms with Crippen molar-refractivity contribution < 1.29 is 4.79 Å². The molecule has 0 saturated carbocycles. The topological polar surface area (TPSA) is 20.3 Å². The van der Waals surface area contributed by atoms with Gasteiger partial charge in [-0.25, -0.2) is 0 Å². The van der Waals surface area contributed by atoms with Crippen molar-refractivity contribution in [1.82, 2.24) is 4.90 Å². The minimum Gasteiger partial charge on any atom is -0.291 e. The first-order valence-corrected chi connectivity index (χ1v) is 9.22. The zero-order valence-electron chi connectivity index (χ0n) is 12.9. The van der Waals surface area contributed by atoms with Crippen LogP contribution in [0.3, 0.4) is 0 Å². The molecule has 1 unspecified atom stereocenters. The van der Waals surface area contributed by atoms with E-state index in [0.717, 1.165) is 41.3 Å². The first-order valence-electron chi connectivity index (χ1n) is 8.06. The second kappa shape index (κ2) is 7.37. The van der Waals surface area contributed by atoms with E-state index in [1.165, 1.54) is 5.56 Å². The monoisotopic (exact) mass is 337 g/mol. The van der Waals surface area contributed by atoms with Crippen molar-refractivity contribution in [3.63, 3.8) is 0 Å². The van der Waals surface area contributed by atoms with Gasteiger partial charge in [0.05, 0.1) is 6.04 Å². The summed E-state index contributed by atoms with van der Waals surface area (Å²) >= 11 is 2.00. The third-order valence-corrected chi connectivity index (χ3v) is 5.53. The van der Waals surface area contributed by atoms with Gasteiger partial charge in [-0.05, 0) is 17.2 Å². The van der Waals surface area contributed by atoms with Crippen molar-refractivity contribution in [3.8, 4) is 0 Å². The van der Waals surface area contributed by atoms with E-state index in [1.807, 2.05) is 48.2 Å². The zero-order valence-corrected chi connectivity index (χ0v) is 13.8. The smallest absolute Gasteiger partial charge is 0.191 e. The Kier molecular flexibility index (Phi) is 5.22. The van der Waals surface area contributed by atoms with Crippen LogP contribution in [0.4, 0.5) is 0 Å². The average Bonchev–Trinajstić information content (AvgIpc) is 2.89. The third kappa shape index (κ3) is 3.06. The van der Waals surface area contributed by atoms with E-state index in [0.29, 0.717) is 0 Å². The molecule has 24 heavy (non-hydrogen) atoms. The number of benzene rings is 2. The number of thioether (sulfide) groups is 1. The van der Waals surface area contributed by atoms with E-state index < -0.39 is 0 Å². The van der Waals surface area contributed by atoms with E-state index in [2.05, 4.69) is 29.2 Å². The fraction of sp³-hybridized carbons (Fsp3) is 0.286. The standard InChI is InChI=1S/C20H19NOS.CH4/c22-20-17-9-5-4-8-16(17)19(21-10-12-23-13-11-21)18(20)14-15-6-2-1-3-7-15;/h1-9,14,19H,10-13H2;1H4/b18-14+;. The number of hydrogen-bond acceptors (Lipinski definition) is 3. The van der Waals surface area contributed by atoms with Gasteiger partial charge in [0.25, 0.3) is 0 Å². The molecular formula is C21H23NOS. The lowest BCUT2D eigenvalue weighted by Crippen LogP contribution is -2.36. The quantitative estimate of drug-likeness (QED) is 0.741. The third-order valence-electron chi connectivity index (χ3n) is 4.59. The van der Waals surface area contributed by atoms with E-state index in [-0.39, 0.29) is 19.3 Å². The van der Waals surface area contributed by atoms with Crippen molar-refractivity contribution >= 4 is 23.6 Å². The van der Waals surface area contributed by atoms with Crippen molar-refractivity contribution in [3.05, 3.63) is 76.9 Å². The summed E-state index contributed by atoms with van der Waals surface area (Å²) in [7, 11) is 0. The molecule has 1 fully saturated rings. The number of nitrogens with zero attached hydrogens (tertiary/aromatic N) is 1. The zero-order chi connectivity index (χ0) is 15.6. The van der Waals surface area contributed by atoms with Crippen LogP contribution < -0.4 is 0 Å². The lowest BCUT2D eigenvalue weighted by atomic mass is 10.0. The van der Waals surface area contributed by atoms with Crippen LogP contribution in [0.1, 0.15) is 35.0 Å². The summed E-state index contributed by atoms with van der Waals surface area (Å²) in [5, 5.41) is 0. The second-order valence-electron chi connectivity index (χ2n) is 5.98. The maximum atomic E-state index is 13.0. The molecule has 2 aromatic carbocycles. The molecule has 1 heterocycles. The lowest BCUT2D eigenvalue weighted by molar-refractivity contribution is 0.102. The number of carbonyl (C=O) groups is 1. The number of ketones is 1. The summed E-state index contributed by atoms with van der Waals surface area (Å²) in [5.41, 5.74) is 4.06. The van der Waals surface area contributed by atoms with Crippen LogP contribution in [-0.2, 0) is 0 Å². The molecule has 0 bridgehead atoms. The second-order valence-corrected chi connectivity index (χ2v) is 7.20. The maximum absolute atomic E-state index is 13.0. The Labute approximate surface area is 148 Å². The van der Waals surface area contributed by atoms with Crippen LogP contribution >= 0.6 is 11.8 Å². The van der Waals surface area contributed by atoms with Crippen molar-refractivity contribution in [1.29, 1.82) is 0 Å². The number of hydrogen-bond donors (Lipinski definition) is 0. The van der Waals surface area contributed by atoms with Crippen LogP contribution in [0.5, 0.6) is 0 Å². The van der Waals surface area contributed by atoms with E-state index in [1.54, 1.807) is 0 Å². The molecule has 0 radical (unpaired) electrons. The predicted molar refractivity (Wildman–Crippen MR) is 104 cm³/mol. The summed E-state index contributed by atoms with van der Waals surface area (Å²) in [6.07, 6.45) is 2.08. The highest BCUT2D eigenvalue weighted by molar-refractivity contribution is 7.99. The highest BCUT2D eigenvalue weighted by Crippen LogP contribution is 2.41. The van der Waals surface area contributed by atoms with E-state index >= 15 is 0 Å². The molecule has 1 aliphatic heterocycles. The first kappa shape index (κ1) is 17.0. The molecule has 124 valence electrons. The molecule has 0 aromatic heterocycles. The Morgan fingerprint density at radius 2 is 1.62 bits per heavy atom. The Hall–Kier alpha value is -1.84. The van der Waals surface area contributed by atoms with Gasteiger partial charge in [0.1, 0.15) is 0 Å². The van der Waals surface area contributed by atoms with Gasteiger partial charge in [0.2, 0.25) is 0 Å². The van der Waals surface area contributed by atoms with Gasteiger partial charge in [-0.1, -0.05) is 62.0 Å². The molecular weight excluding hydrogens is 314 g/mol. The van der Waals surface area contributed by atoms with Crippen molar-refractivity contribution in [2.45, 2.75) is 13.5 Å². The summed E-state index contributed by atoms with van der Waals surface area (Å²) in [6, 6.07) is 18.4. The molecule has 1 saturated heterocycles. The molecule has 1 aliphatic carbocycles. The maximum Gasteiger partial charge on any atom is 0.191 e. The largest absolute Gasteiger partial charge is 0.291 e. The molecule has 2 aliphatic rings. The number of rotatable bonds is 2. The van der Waals surface area contributed by atoms with Crippen LogP contribution in [0, 0.1) is 0 Å². The average molecular weight is 337 g/mol. The highest BCUT2D eigenvalue weighted by atomic mass is 32.2. The molecule has 1 atom stereocenters. The lowest BCUT2D eigenvalue weighted by Gasteiger charge is -2.33. The van der Waals surface area contributed by atoms with Gasteiger partial charge < -0.3 is 0 Å². The Bertz CT molecular complexity index is 747. The Balaban J connectivity index is 0.00000169. The fourth-order valence-corrected chi connectivity index (χ4v) is 4.42. The summed E-state index contributed by atoms with van der Waals surface area (Å²) in [6.45, 7) is 2.09. The van der Waals surface area contributed by atoms with Crippen LogP contribution in [-0.4, -0.2) is 35.3 Å². The fourth-order valence-electron chi connectivity index (χ4n) is 3.49. The van der Waals surface area contributed by atoms with Crippen LogP contribution in [0.15, 0.2) is 60.2 Å². The number of fused-ring (bicyclic) bond motifs is 1. The van der Waals surface area contributed by atoms with Crippen LogP contribution in [0.25, 0.3) is 6.08 Å². The predicted octanol–water partition coefficient (Wildman–Crippen LogP) is 4.69. The van der Waals surface area contributed by atoms with Gasteiger partial charge >= 0.3 is 0 Å². The minimum absolute atomic E-state index is 0. The molecule has 3 heteroatoms. The SMILES string of the molecule is C.O=C1/C(=C/c2ccccc2)C(N2CCSCC2)c2ccccc21. The van der Waals surface area contributed by atoms with Crippen LogP contribution in [0.2, 0.25) is 0 Å². The summed E-state index contributed by atoms with van der Waals surface area (Å²) < 4.78 is 0. The number of Topliss-reactive ketones (excluding diaryl/α,β-unsaturated/α-hetero) is 1. The minimum atomic E-state index is 0. The Morgan fingerprint density at radius 3 is 2.38 bits per heavy atom. The normalized spacial score (nSPS) is 22.2. The molecule has 4 rings (SSSR count). The van der Waals surface area contributed by atoms with E-state index in [4.69, 9.17) is 0 Å². The van der Waals surface area contributed by atoms with Gasteiger partial charge in [0, 0.05) is 35.7 Å².